The Morgan fingerprint density at radius 3 is 2.59 bits per heavy atom. The van der Waals surface area contributed by atoms with Crippen molar-refractivity contribution >= 4 is 17.2 Å². The van der Waals surface area contributed by atoms with Crippen LogP contribution >= 0.6 is 0 Å². The molecule has 3 aromatic rings. The number of nitrogens with zero attached hydrogens (tertiary/aromatic N) is 3. The summed E-state index contributed by atoms with van der Waals surface area (Å²) in [6.45, 7) is 2.73. The number of hydrogen-bond donors (Lipinski definition) is 0. The molecule has 2 aromatic heterocycles. The number of carbonyl (C=O) groups is 1. The molecule has 0 bridgehead atoms. The summed E-state index contributed by atoms with van der Waals surface area (Å²) in [4.78, 5) is 19.0. The van der Waals surface area contributed by atoms with E-state index in [0.717, 1.165) is 35.7 Å². The van der Waals surface area contributed by atoms with Crippen molar-refractivity contribution < 1.29 is 4.79 Å². The van der Waals surface area contributed by atoms with Crippen LogP contribution in [0.2, 0.25) is 0 Å². The van der Waals surface area contributed by atoms with Gasteiger partial charge in [0.2, 0.25) is 5.91 Å². The Labute approximate surface area is 129 Å². The lowest BCUT2D eigenvalue weighted by atomic mass is 10.1. The van der Waals surface area contributed by atoms with E-state index in [2.05, 4.69) is 4.40 Å². The normalized spacial score (nSPS) is 18.3. The van der Waals surface area contributed by atoms with Gasteiger partial charge >= 0.3 is 0 Å². The number of imidazole rings is 1. The average molecular weight is 291 g/mol. The number of rotatable bonds is 2. The fourth-order valence-corrected chi connectivity index (χ4v) is 3.04. The summed E-state index contributed by atoms with van der Waals surface area (Å²) < 4.78 is 2.06. The Balaban J connectivity index is 1.92. The van der Waals surface area contributed by atoms with Crippen LogP contribution in [0.25, 0.3) is 16.9 Å². The second-order valence-electron chi connectivity index (χ2n) is 5.76. The number of amides is 1. The molecular weight excluding hydrogens is 274 g/mol. The minimum Gasteiger partial charge on any atom is -0.298 e. The monoisotopic (exact) mass is 291 g/mol. The third-order valence-corrected chi connectivity index (χ3v) is 4.29. The number of aromatic nitrogens is 2. The quantitative estimate of drug-likeness (QED) is 0.726. The van der Waals surface area contributed by atoms with Crippen LogP contribution in [0.4, 0.5) is 5.82 Å². The molecule has 1 fully saturated rings. The highest BCUT2D eigenvalue weighted by atomic mass is 16.2. The molecule has 0 spiro atoms. The third kappa shape index (κ3) is 1.91. The number of hydrogen-bond acceptors (Lipinski definition) is 2. The van der Waals surface area contributed by atoms with Gasteiger partial charge in [0.15, 0.2) is 5.82 Å². The van der Waals surface area contributed by atoms with Crippen molar-refractivity contribution in [2.45, 2.75) is 13.3 Å². The highest BCUT2D eigenvalue weighted by Crippen LogP contribution is 2.31. The number of carbonyl (C=O) groups excluding carboxylic acids is 1. The van der Waals surface area contributed by atoms with E-state index in [-0.39, 0.29) is 11.8 Å². The smallest absolute Gasteiger partial charge is 0.231 e. The summed E-state index contributed by atoms with van der Waals surface area (Å²) in [7, 11) is 0. The van der Waals surface area contributed by atoms with Crippen LogP contribution in [0.3, 0.4) is 0 Å². The van der Waals surface area contributed by atoms with E-state index in [9.17, 15) is 4.79 Å². The van der Waals surface area contributed by atoms with E-state index >= 15 is 0 Å². The van der Waals surface area contributed by atoms with Crippen molar-refractivity contribution in [3.63, 3.8) is 0 Å². The summed E-state index contributed by atoms with van der Waals surface area (Å²) in [6.07, 6.45) is 2.89. The Bertz CT molecular complexity index is 838. The summed E-state index contributed by atoms with van der Waals surface area (Å²) in [5.41, 5.74) is 2.03. The topological polar surface area (TPSA) is 37.6 Å². The molecule has 0 saturated carbocycles. The molecule has 3 heterocycles. The molecule has 1 aliphatic heterocycles. The van der Waals surface area contributed by atoms with E-state index in [1.807, 2.05) is 66.6 Å². The largest absolute Gasteiger partial charge is 0.298 e. The maximum atomic E-state index is 12.4. The number of benzene rings is 1. The summed E-state index contributed by atoms with van der Waals surface area (Å²) >= 11 is 0. The van der Waals surface area contributed by atoms with Gasteiger partial charge in [-0.15, -0.1) is 0 Å². The maximum Gasteiger partial charge on any atom is 0.231 e. The van der Waals surface area contributed by atoms with Crippen LogP contribution < -0.4 is 4.90 Å². The molecule has 1 unspecified atom stereocenters. The molecule has 1 saturated heterocycles. The van der Waals surface area contributed by atoms with Gasteiger partial charge in [-0.1, -0.05) is 43.3 Å². The van der Waals surface area contributed by atoms with Crippen LogP contribution in [0.1, 0.15) is 13.3 Å². The molecule has 1 aromatic carbocycles. The van der Waals surface area contributed by atoms with Crippen molar-refractivity contribution in [1.82, 2.24) is 9.38 Å². The number of anilines is 1. The lowest BCUT2D eigenvalue weighted by molar-refractivity contribution is -0.119. The highest BCUT2D eigenvalue weighted by Gasteiger charge is 2.32. The predicted molar refractivity (Wildman–Crippen MR) is 86.8 cm³/mol. The Hall–Kier alpha value is -2.62. The molecule has 22 heavy (non-hydrogen) atoms. The maximum absolute atomic E-state index is 12.4. The van der Waals surface area contributed by atoms with Crippen LogP contribution in [-0.2, 0) is 4.79 Å². The first-order valence-corrected chi connectivity index (χ1v) is 7.59. The predicted octanol–water partition coefficient (Wildman–Crippen LogP) is 3.37. The Kier molecular flexibility index (Phi) is 2.96. The third-order valence-electron chi connectivity index (χ3n) is 4.29. The van der Waals surface area contributed by atoms with Gasteiger partial charge in [0.1, 0.15) is 5.82 Å². The molecule has 1 aliphatic rings. The van der Waals surface area contributed by atoms with Gasteiger partial charge in [-0.3, -0.25) is 14.1 Å². The zero-order valence-electron chi connectivity index (χ0n) is 12.4. The minimum atomic E-state index is 0.0839. The molecule has 4 nitrogen and oxygen atoms in total. The number of fused-ring (bicyclic) bond motifs is 1. The summed E-state index contributed by atoms with van der Waals surface area (Å²) in [5.74, 6) is 1.90. The molecule has 0 N–H and O–H groups in total. The highest BCUT2D eigenvalue weighted by molar-refractivity contribution is 6.00. The SMILES string of the molecule is CC1CCN(c2nc(-c3ccccc3)n3ccccc23)C1=O. The fraction of sp³-hybridized carbons (Fsp3) is 0.222. The van der Waals surface area contributed by atoms with Gasteiger partial charge in [0, 0.05) is 24.2 Å². The van der Waals surface area contributed by atoms with Crippen molar-refractivity contribution in [3.05, 3.63) is 54.7 Å². The average Bonchev–Trinajstić information content (AvgIpc) is 3.10. The van der Waals surface area contributed by atoms with Crippen LogP contribution in [-0.4, -0.2) is 21.8 Å². The molecule has 0 radical (unpaired) electrons. The lowest BCUT2D eigenvalue weighted by Crippen LogP contribution is -2.26. The van der Waals surface area contributed by atoms with Crippen LogP contribution in [0.5, 0.6) is 0 Å². The van der Waals surface area contributed by atoms with Crippen LogP contribution in [0.15, 0.2) is 54.7 Å². The fourth-order valence-electron chi connectivity index (χ4n) is 3.04. The molecule has 110 valence electrons. The molecule has 1 amide bonds. The van der Waals surface area contributed by atoms with Gasteiger partial charge in [-0.05, 0) is 18.6 Å². The molecule has 1 atom stereocenters. The minimum absolute atomic E-state index is 0.0839. The zero-order chi connectivity index (χ0) is 15.1. The van der Waals surface area contributed by atoms with Gasteiger partial charge in [0.05, 0.1) is 5.52 Å². The van der Waals surface area contributed by atoms with Crippen molar-refractivity contribution in [3.8, 4) is 11.4 Å². The van der Waals surface area contributed by atoms with Crippen LogP contribution in [0, 0.1) is 5.92 Å². The van der Waals surface area contributed by atoms with E-state index < -0.39 is 0 Å². The van der Waals surface area contributed by atoms with Crippen molar-refractivity contribution in [2.75, 3.05) is 11.4 Å². The van der Waals surface area contributed by atoms with E-state index in [0.29, 0.717) is 0 Å². The van der Waals surface area contributed by atoms with E-state index in [1.54, 1.807) is 0 Å². The molecule has 0 aliphatic carbocycles. The molecule has 4 rings (SSSR count). The van der Waals surface area contributed by atoms with Crippen molar-refractivity contribution in [2.24, 2.45) is 5.92 Å². The standard InChI is InChI=1S/C18H17N3O/c1-13-10-12-21(18(13)22)17-15-9-5-6-11-20(15)16(19-17)14-7-3-2-4-8-14/h2-9,11,13H,10,12H2,1H3. The first-order valence-electron chi connectivity index (χ1n) is 7.59. The van der Waals surface area contributed by atoms with E-state index in [1.165, 1.54) is 0 Å². The Morgan fingerprint density at radius 2 is 1.86 bits per heavy atom. The Morgan fingerprint density at radius 1 is 1.09 bits per heavy atom. The van der Waals surface area contributed by atoms with Crippen molar-refractivity contribution in [1.29, 1.82) is 0 Å². The summed E-state index contributed by atoms with van der Waals surface area (Å²) in [5, 5.41) is 0. The van der Waals surface area contributed by atoms with Gasteiger partial charge in [-0.25, -0.2) is 4.98 Å². The van der Waals surface area contributed by atoms with E-state index in [4.69, 9.17) is 4.98 Å². The summed E-state index contributed by atoms with van der Waals surface area (Å²) in [6, 6.07) is 16.1. The van der Waals surface area contributed by atoms with Gasteiger partial charge in [0.25, 0.3) is 0 Å². The first kappa shape index (κ1) is 13.1. The van der Waals surface area contributed by atoms with Gasteiger partial charge < -0.3 is 0 Å². The second-order valence-corrected chi connectivity index (χ2v) is 5.76. The number of pyridine rings is 1. The molecular formula is C18H17N3O. The lowest BCUT2D eigenvalue weighted by Gasteiger charge is -2.13. The zero-order valence-corrected chi connectivity index (χ0v) is 12.4. The molecule has 4 heteroatoms. The van der Waals surface area contributed by atoms with Gasteiger partial charge in [-0.2, -0.15) is 0 Å². The second kappa shape index (κ2) is 4.98. The first-order chi connectivity index (χ1) is 10.8.